The molecule has 2 rings (SSSR count). The Hall–Kier alpha value is -1.22. The molecule has 2 atom stereocenters. The van der Waals surface area contributed by atoms with Gasteiger partial charge in [-0.2, -0.15) is 0 Å². The van der Waals surface area contributed by atoms with Crippen molar-refractivity contribution in [3.05, 3.63) is 23.8 Å². The van der Waals surface area contributed by atoms with E-state index >= 15 is 0 Å². The largest absolute Gasteiger partial charge is 0.497 e. The fraction of sp³-hybridized carbons (Fsp3) is 0.625. The van der Waals surface area contributed by atoms with Crippen molar-refractivity contribution < 1.29 is 9.47 Å². The van der Waals surface area contributed by atoms with E-state index in [2.05, 4.69) is 13.8 Å². The third-order valence-electron chi connectivity index (χ3n) is 4.16. The maximum Gasteiger partial charge on any atom is 0.122 e. The molecule has 1 fully saturated rings. The van der Waals surface area contributed by atoms with Crippen LogP contribution in [0.1, 0.15) is 38.7 Å². The quantitative estimate of drug-likeness (QED) is 0.910. The van der Waals surface area contributed by atoms with E-state index < -0.39 is 0 Å². The van der Waals surface area contributed by atoms with Crippen molar-refractivity contribution in [3.63, 3.8) is 0 Å². The number of nitrogens with two attached hydrogens (primary N) is 1. The predicted molar refractivity (Wildman–Crippen MR) is 77.6 cm³/mol. The minimum Gasteiger partial charge on any atom is -0.497 e. The number of benzene rings is 1. The van der Waals surface area contributed by atoms with E-state index in [4.69, 9.17) is 15.2 Å². The van der Waals surface area contributed by atoms with Gasteiger partial charge in [-0.15, -0.1) is 0 Å². The standard InChI is InChI=1S/C16H25NO2/c1-11-5-12(2)10-16(17,9-11)13-6-14(18-3)8-15(7-13)19-4/h6-8,11-12H,5,9-10,17H2,1-4H3. The van der Waals surface area contributed by atoms with Crippen LogP contribution in [0.25, 0.3) is 0 Å². The van der Waals surface area contributed by atoms with Gasteiger partial charge in [-0.05, 0) is 48.8 Å². The van der Waals surface area contributed by atoms with E-state index in [9.17, 15) is 0 Å². The summed E-state index contributed by atoms with van der Waals surface area (Å²) in [6, 6.07) is 5.99. The Morgan fingerprint density at radius 2 is 1.47 bits per heavy atom. The van der Waals surface area contributed by atoms with Crippen LogP contribution in [-0.4, -0.2) is 14.2 Å². The van der Waals surface area contributed by atoms with Crippen LogP contribution in [0.15, 0.2) is 18.2 Å². The van der Waals surface area contributed by atoms with Gasteiger partial charge in [-0.1, -0.05) is 13.8 Å². The summed E-state index contributed by atoms with van der Waals surface area (Å²) >= 11 is 0. The molecule has 0 radical (unpaired) electrons. The van der Waals surface area contributed by atoms with Gasteiger partial charge in [0.05, 0.1) is 14.2 Å². The Labute approximate surface area is 116 Å². The summed E-state index contributed by atoms with van der Waals surface area (Å²) in [6.45, 7) is 4.57. The van der Waals surface area contributed by atoms with Gasteiger partial charge in [0.25, 0.3) is 0 Å². The highest BCUT2D eigenvalue weighted by Gasteiger charge is 2.36. The van der Waals surface area contributed by atoms with Crippen LogP contribution < -0.4 is 15.2 Å². The number of hydrogen-bond acceptors (Lipinski definition) is 3. The molecule has 1 aliphatic carbocycles. The second-order valence-corrected chi connectivity index (χ2v) is 6.11. The Balaban J connectivity index is 2.38. The van der Waals surface area contributed by atoms with Crippen LogP contribution in [0.3, 0.4) is 0 Å². The van der Waals surface area contributed by atoms with Gasteiger partial charge in [-0.3, -0.25) is 0 Å². The van der Waals surface area contributed by atoms with Gasteiger partial charge in [-0.25, -0.2) is 0 Å². The van der Waals surface area contributed by atoms with Crippen molar-refractivity contribution in [3.8, 4) is 11.5 Å². The van der Waals surface area contributed by atoms with Crippen LogP contribution >= 0.6 is 0 Å². The highest BCUT2D eigenvalue weighted by Crippen LogP contribution is 2.42. The first-order chi connectivity index (χ1) is 8.96. The predicted octanol–water partition coefficient (Wildman–Crippen LogP) is 3.31. The molecule has 0 heterocycles. The molecule has 3 heteroatoms. The first-order valence-corrected chi connectivity index (χ1v) is 6.99. The van der Waals surface area contributed by atoms with E-state index in [1.807, 2.05) is 18.2 Å². The first-order valence-electron chi connectivity index (χ1n) is 6.99. The van der Waals surface area contributed by atoms with Gasteiger partial charge in [0.1, 0.15) is 11.5 Å². The molecule has 2 N–H and O–H groups in total. The van der Waals surface area contributed by atoms with Crippen LogP contribution in [0.4, 0.5) is 0 Å². The molecule has 1 aliphatic rings. The summed E-state index contributed by atoms with van der Waals surface area (Å²) in [7, 11) is 3.35. The number of ether oxygens (including phenoxy) is 2. The van der Waals surface area contributed by atoms with Gasteiger partial charge >= 0.3 is 0 Å². The molecule has 0 aliphatic heterocycles. The molecule has 19 heavy (non-hydrogen) atoms. The van der Waals surface area contributed by atoms with Crippen molar-refractivity contribution in [1.29, 1.82) is 0 Å². The fourth-order valence-corrected chi connectivity index (χ4v) is 3.51. The summed E-state index contributed by atoms with van der Waals surface area (Å²) in [5, 5.41) is 0. The normalized spacial score (nSPS) is 31.0. The Morgan fingerprint density at radius 1 is 1.00 bits per heavy atom. The molecule has 3 nitrogen and oxygen atoms in total. The summed E-state index contributed by atoms with van der Waals surface area (Å²) in [4.78, 5) is 0. The van der Waals surface area contributed by atoms with Gasteiger partial charge in [0.15, 0.2) is 0 Å². The smallest absolute Gasteiger partial charge is 0.122 e. The van der Waals surface area contributed by atoms with E-state index in [1.165, 1.54) is 6.42 Å². The number of methoxy groups -OCH3 is 2. The van der Waals surface area contributed by atoms with Crippen LogP contribution in [-0.2, 0) is 5.54 Å². The van der Waals surface area contributed by atoms with Gasteiger partial charge in [0.2, 0.25) is 0 Å². The highest BCUT2D eigenvalue weighted by molar-refractivity contribution is 5.41. The third-order valence-corrected chi connectivity index (χ3v) is 4.16. The van der Waals surface area contributed by atoms with Crippen LogP contribution in [0, 0.1) is 11.8 Å². The Bertz CT molecular complexity index is 412. The van der Waals surface area contributed by atoms with E-state index in [-0.39, 0.29) is 5.54 Å². The van der Waals surface area contributed by atoms with E-state index in [0.29, 0.717) is 11.8 Å². The molecule has 2 unspecified atom stereocenters. The zero-order chi connectivity index (χ0) is 14.0. The summed E-state index contributed by atoms with van der Waals surface area (Å²) in [5.41, 5.74) is 7.56. The molecule has 1 aromatic rings. The third kappa shape index (κ3) is 3.03. The monoisotopic (exact) mass is 263 g/mol. The van der Waals surface area contributed by atoms with Crippen molar-refractivity contribution in [2.24, 2.45) is 17.6 Å². The van der Waals surface area contributed by atoms with Gasteiger partial charge < -0.3 is 15.2 Å². The molecule has 0 saturated heterocycles. The summed E-state index contributed by atoms with van der Waals surface area (Å²) < 4.78 is 10.7. The molecule has 0 amide bonds. The molecule has 0 bridgehead atoms. The van der Waals surface area contributed by atoms with Gasteiger partial charge in [0, 0.05) is 11.6 Å². The highest BCUT2D eigenvalue weighted by atomic mass is 16.5. The van der Waals surface area contributed by atoms with Crippen LogP contribution in [0.2, 0.25) is 0 Å². The van der Waals surface area contributed by atoms with Crippen molar-refractivity contribution in [2.45, 2.75) is 38.6 Å². The maximum atomic E-state index is 6.70. The zero-order valence-electron chi connectivity index (χ0n) is 12.4. The van der Waals surface area contributed by atoms with E-state index in [1.54, 1.807) is 14.2 Å². The molecule has 1 aromatic carbocycles. The SMILES string of the molecule is COc1cc(OC)cc(C2(N)CC(C)CC(C)C2)c1. The fourth-order valence-electron chi connectivity index (χ4n) is 3.51. The second kappa shape index (κ2) is 5.41. The van der Waals surface area contributed by atoms with Crippen LogP contribution in [0.5, 0.6) is 11.5 Å². The molecule has 106 valence electrons. The lowest BCUT2D eigenvalue weighted by Gasteiger charge is -2.40. The van der Waals surface area contributed by atoms with Crippen molar-refractivity contribution in [1.82, 2.24) is 0 Å². The van der Waals surface area contributed by atoms with Crippen molar-refractivity contribution in [2.75, 3.05) is 14.2 Å². The number of hydrogen-bond donors (Lipinski definition) is 1. The molecule has 0 spiro atoms. The minimum absolute atomic E-state index is 0.265. The molecule has 0 aromatic heterocycles. The lowest BCUT2D eigenvalue weighted by atomic mass is 9.69. The Kier molecular flexibility index (Phi) is 4.04. The molecule has 1 saturated carbocycles. The minimum atomic E-state index is -0.265. The lowest BCUT2D eigenvalue weighted by Crippen LogP contribution is -2.43. The summed E-state index contributed by atoms with van der Waals surface area (Å²) in [6.07, 6.45) is 3.31. The Morgan fingerprint density at radius 3 is 1.89 bits per heavy atom. The maximum absolute atomic E-state index is 6.70. The second-order valence-electron chi connectivity index (χ2n) is 6.11. The zero-order valence-corrected chi connectivity index (χ0v) is 12.4. The average Bonchev–Trinajstić information content (AvgIpc) is 2.36. The van der Waals surface area contributed by atoms with Crippen molar-refractivity contribution >= 4 is 0 Å². The van der Waals surface area contributed by atoms with E-state index in [0.717, 1.165) is 29.9 Å². The average molecular weight is 263 g/mol. The molecular formula is C16H25NO2. The lowest BCUT2D eigenvalue weighted by molar-refractivity contribution is 0.183. The molecular weight excluding hydrogens is 238 g/mol. The first kappa shape index (κ1) is 14.2. The number of rotatable bonds is 3. The summed E-state index contributed by atoms with van der Waals surface area (Å²) in [5.74, 6) is 2.94. The topological polar surface area (TPSA) is 44.5 Å².